The molecule has 0 unspecified atom stereocenters. The van der Waals surface area contributed by atoms with Crippen molar-refractivity contribution in [2.24, 2.45) is 0 Å². The number of ether oxygens (including phenoxy) is 1. The van der Waals surface area contributed by atoms with E-state index in [-0.39, 0.29) is 5.78 Å². The molecule has 0 aliphatic carbocycles. The summed E-state index contributed by atoms with van der Waals surface area (Å²) in [6, 6.07) is 12.0. The molecular formula is C15H15BrO2S. The van der Waals surface area contributed by atoms with Crippen molar-refractivity contribution in [1.82, 2.24) is 0 Å². The first kappa shape index (κ1) is 14.3. The number of carbonyl (C=O) groups excluding carboxylic acids is 1. The Bertz CT molecular complexity index is 546. The number of rotatable bonds is 6. The van der Waals surface area contributed by atoms with Crippen molar-refractivity contribution in [3.05, 3.63) is 50.6 Å². The number of halogens is 1. The van der Waals surface area contributed by atoms with E-state index < -0.39 is 0 Å². The van der Waals surface area contributed by atoms with Crippen LogP contribution in [0.15, 0.2) is 40.2 Å². The molecule has 0 aliphatic rings. The van der Waals surface area contributed by atoms with Gasteiger partial charge in [0.15, 0.2) is 0 Å². The molecule has 19 heavy (non-hydrogen) atoms. The minimum atomic E-state index is 0.226. The van der Waals surface area contributed by atoms with Crippen LogP contribution in [-0.2, 0) is 17.8 Å². The number of ketones is 1. The zero-order valence-corrected chi connectivity index (χ0v) is 13.1. The van der Waals surface area contributed by atoms with Crippen LogP contribution < -0.4 is 4.74 Å². The minimum Gasteiger partial charge on any atom is -0.488 e. The molecule has 100 valence electrons. The van der Waals surface area contributed by atoms with Gasteiger partial charge in [0.25, 0.3) is 0 Å². The van der Waals surface area contributed by atoms with E-state index in [4.69, 9.17) is 4.74 Å². The van der Waals surface area contributed by atoms with Crippen LogP contribution in [0.4, 0.5) is 0 Å². The summed E-state index contributed by atoms with van der Waals surface area (Å²) in [5.74, 6) is 1.08. The maximum Gasteiger partial charge on any atom is 0.130 e. The molecule has 1 aromatic carbocycles. The molecule has 0 fully saturated rings. The summed E-state index contributed by atoms with van der Waals surface area (Å²) in [4.78, 5) is 12.1. The van der Waals surface area contributed by atoms with E-state index in [1.54, 1.807) is 18.3 Å². The Balaban J connectivity index is 1.86. The number of hydrogen-bond donors (Lipinski definition) is 0. The zero-order chi connectivity index (χ0) is 13.7. The molecular weight excluding hydrogens is 324 g/mol. The molecule has 4 heteroatoms. The SMILES string of the molecule is CC(=O)CCc1ccc(OCc2ccc(Br)s2)cc1. The topological polar surface area (TPSA) is 26.3 Å². The highest BCUT2D eigenvalue weighted by molar-refractivity contribution is 9.11. The Morgan fingerprint density at radius 1 is 1.21 bits per heavy atom. The average molecular weight is 339 g/mol. The number of benzene rings is 1. The van der Waals surface area contributed by atoms with E-state index in [9.17, 15) is 4.79 Å². The summed E-state index contributed by atoms with van der Waals surface area (Å²) in [6.07, 6.45) is 1.40. The van der Waals surface area contributed by atoms with Gasteiger partial charge in [-0.2, -0.15) is 0 Å². The van der Waals surface area contributed by atoms with Gasteiger partial charge in [0.05, 0.1) is 3.79 Å². The lowest BCUT2D eigenvalue weighted by Gasteiger charge is -2.05. The van der Waals surface area contributed by atoms with Gasteiger partial charge in [-0.3, -0.25) is 0 Å². The Kier molecular flexibility index (Phi) is 5.16. The Labute approximate surface area is 125 Å². The summed E-state index contributed by atoms with van der Waals surface area (Å²) < 4.78 is 6.82. The number of Topliss-reactive ketones (excluding diaryl/α,β-unsaturated/α-hetero) is 1. The summed E-state index contributed by atoms with van der Waals surface area (Å²) in [6.45, 7) is 2.21. The summed E-state index contributed by atoms with van der Waals surface area (Å²) in [5, 5.41) is 0. The van der Waals surface area contributed by atoms with Crippen molar-refractivity contribution in [3.63, 3.8) is 0 Å². The van der Waals surface area contributed by atoms with E-state index in [0.29, 0.717) is 13.0 Å². The molecule has 0 N–H and O–H groups in total. The van der Waals surface area contributed by atoms with Gasteiger partial charge in [0, 0.05) is 11.3 Å². The van der Waals surface area contributed by atoms with Crippen molar-refractivity contribution in [2.45, 2.75) is 26.4 Å². The molecule has 0 atom stereocenters. The van der Waals surface area contributed by atoms with Crippen molar-refractivity contribution < 1.29 is 9.53 Å². The van der Waals surface area contributed by atoms with E-state index in [1.165, 1.54) is 10.4 Å². The average Bonchev–Trinajstić information content (AvgIpc) is 2.81. The molecule has 0 amide bonds. The largest absolute Gasteiger partial charge is 0.488 e. The molecule has 0 aliphatic heterocycles. The Morgan fingerprint density at radius 2 is 1.95 bits per heavy atom. The normalized spacial score (nSPS) is 10.4. The summed E-state index contributed by atoms with van der Waals surface area (Å²) >= 11 is 5.11. The van der Waals surface area contributed by atoms with Gasteiger partial charge in [0.1, 0.15) is 18.1 Å². The third-order valence-corrected chi connectivity index (χ3v) is 4.30. The highest BCUT2D eigenvalue weighted by atomic mass is 79.9. The van der Waals surface area contributed by atoms with Gasteiger partial charge in [-0.25, -0.2) is 0 Å². The van der Waals surface area contributed by atoms with E-state index in [0.717, 1.165) is 16.0 Å². The van der Waals surface area contributed by atoms with Crippen LogP contribution in [0.1, 0.15) is 23.8 Å². The first-order valence-electron chi connectivity index (χ1n) is 6.09. The smallest absolute Gasteiger partial charge is 0.130 e. The maximum absolute atomic E-state index is 10.9. The number of carbonyl (C=O) groups is 1. The highest BCUT2D eigenvalue weighted by Gasteiger charge is 2.01. The monoisotopic (exact) mass is 338 g/mol. The highest BCUT2D eigenvalue weighted by Crippen LogP contribution is 2.23. The van der Waals surface area contributed by atoms with E-state index in [1.807, 2.05) is 30.3 Å². The lowest BCUT2D eigenvalue weighted by atomic mass is 10.1. The standard InChI is InChI=1S/C15H15BrO2S/c1-11(17)2-3-12-4-6-13(7-5-12)18-10-14-8-9-15(16)19-14/h4-9H,2-3,10H2,1H3. The number of hydrogen-bond acceptors (Lipinski definition) is 3. The van der Waals surface area contributed by atoms with Gasteiger partial charge in [-0.05, 0) is 59.1 Å². The Hall–Kier alpha value is -1.13. The zero-order valence-electron chi connectivity index (χ0n) is 10.7. The molecule has 0 bridgehead atoms. The second kappa shape index (κ2) is 6.87. The Morgan fingerprint density at radius 3 is 2.53 bits per heavy atom. The van der Waals surface area contributed by atoms with E-state index in [2.05, 4.69) is 22.0 Å². The predicted molar refractivity (Wildman–Crippen MR) is 81.8 cm³/mol. The van der Waals surface area contributed by atoms with Gasteiger partial charge >= 0.3 is 0 Å². The molecule has 0 saturated carbocycles. The fraction of sp³-hybridized carbons (Fsp3) is 0.267. The van der Waals surface area contributed by atoms with Crippen LogP contribution in [0, 0.1) is 0 Å². The van der Waals surface area contributed by atoms with Crippen LogP contribution in [0.5, 0.6) is 5.75 Å². The quantitative estimate of drug-likeness (QED) is 0.768. The lowest BCUT2D eigenvalue weighted by Crippen LogP contribution is -1.95. The lowest BCUT2D eigenvalue weighted by molar-refractivity contribution is -0.116. The first-order valence-corrected chi connectivity index (χ1v) is 7.70. The summed E-state index contributed by atoms with van der Waals surface area (Å²) in [5.41, 5.74) is 1.17. The van der Waals surface area contributed by atoms with Crippen LogP contribution >= 0.6 is 27.3 Å². The van der Waals surface area contributed by atoms with Gasteiger partial charge in [-0.1, -0.05) is 12.1 Å². The van der Waals surface area contributed by atoms with Crippen molar-refractivity contribution >= 4 is 33.0 Å². The van der Waals surface area contributed by atoms with Gasteiger partial charge < -0.3 is 9.53 Å². The molecule has 2 rings (SSSR count). The molecule has 2 nitrogen and oxygen atoms in total. The van der Waals surface area contributed by atoms with Crippen LogP contribution in [0.3, 0.4) is 0 Å². The molecule has 0 spiro atoms. The second-order valence-corrected chi connectivity index (χ2v) is 6.89. The van der Waals surface area contributed by atoms with E-state index >= 15 is 0 Å². The van der Waals surface area contributed by atoms with Crippen LogP contribution in [-0.4, -0.2) is 5.78 Å². The molecule has 0 radical (unpaired) electrons. The van der Waals surface area contributed by atoms with Crippen LogP contribution in [0.25, 0.3) is 0 Å². The fourth-order valence-electron chi connectivity index (χ4n) is 1.66. The van der Waals surface area contributed by atoms with Crippen molar-refractivity contribution in [1.29, 1.82) is 0 Å². The van der Waals surface area contributed by atoms with Crippen LogP contribution in [0.2, 0.25) is 0 Å². The fourth-order valence-corrected chi connectivity index (χ4v) is 3.05. The third kappa shape index (κ3) is 4.80. The second-order valence-electron chi connectivity index (χ2n) is 4.34. The van der Waals surface area contributed by atoms with Crippen molar-refractivity contribution in [2.75, 3.05) is 0 Å². The summed E-state index contributed by atoms with van der Waals surface area (Å²) in [7, 11) is 0. The first-order chi connectivity index (χ1) is 9.13. The van der Waals surface area contributed by atoms with Crippen molar-refractivity contribution in [3.8, 4) is 5.75 Å². The number of aryl methyl sites for hydroxylation is 1. The predicted octanol–water partition coefficient (Wildman–Crippen LogP) is 4.61. The molecule has 1 aromatic heterocycles. The minimum absolute atomic E-state index is 0.226. The maximum atomic E-state index is 10.9. The molecule has 1 heterocycles. The number of thiophene rings is 1. The van der Waals surface area contributed by atoms with Gasteiger partial charge in [-0.15, -0.1) is 11.3 Å². The molecule has 2 aromatic rings. The van der Waals surface area contributed by atoms with Gasteiger partial charge in [0.2, 0.25) is 0 Å². The third-order valence-electron chi connectivity index (χ3n) is 2.70. The molecule has 0 saturated heterocycles.